The molecule has 0 saturated carbocycles. The Labute approximate surface area is 150 Å². The summed E-state index contributed by atoms with van der Waals surface area (Å²) < 4.78 is 0. The van der Waals surface area contributed by atoms with Crippen LogP contribution < -0.4 is 16.4 Å². The molecule has 0 fully saturated rings. The zero-order valence-corrected chi connectivity index (χ0v) is 14.8. The number of nitrogens with zero attached hydrogens (tertiary/aromatic N) is 1. The van der Waals surface area contributed by atoms with E-state index >= 15 is 0 Å². The van der Waals surface area contributed by atoms with Crippen LogP contribution in [0.25, 0.3) is 0 Å². The molecular weight excluding hydrogens is 356 g/mol. The molecule has 0 spiro atoms. The van der Waals surface area contributed by atoms with Crippen LogP contribution in [0.5, 0.6) is 0 Å². The molecule has 0 aliphatic heterocycles. The second-order valence-electron chi connectivity index (χ2n) is 4.69. The predicted octanol–water partition coefficient (Wildman–Crippen LogP) is 0.943. The minimum atomic E-state index is -0.708. The van der Waals surface area contributed by atoms with Gasteiger partial charge < -0.3 is 16.4 Å². The molecule has 0 aliphatic carbocycles. The van der Waals surface area contributed by atoms with Gasteiger partial charge in [-0.15, -0.1) is 12.4 Å². The fraction of sp³-hybridized carbons (Fsp3) is 0.429. The van der Waals surface area contributed by atoms with E-state index in [4.69, 9.17) is 5.73 Å². The van der Waals surface area contributed by atoms with Gasteiger partial charge in [0.25, 0.3) is 11.6 Å². The van der Waals surface area contributed by atoms with Crippen molar-refractivity contribution in [2.24, 2.45) is 5.73 Å². The molecule has 0 heterocycles. The van der Waals surface area contributed by atoms with Gasteiger partial charge in [0, 0.05) is 30.8 Å². The van der Waals surface area contributed by atoms with E-state index < -0.39 is 16.9 Å². The lowest BCUT2D eigenvalue weighted by Gasteiger charge is -2.18. The Morgan fingerprint density at radius 2 is 2.12 bits per heavy atom. The molecular formula is C14H21ClN4O4S. The number of hydrogen-bond acceptors (Lipinski definition) is 6. The summed E-state index contributed by atoms with van der Waals surface area (Å²) in [6.07, 6.45) is 2.36. The Morgan fingerprint density at radius 1 is 1.42 bits per heavy atom. The Bertz CT molecular complexity index is 573. The van der Waals surface area contributed by atoms with Crippen molar-refractivity contribution in [1.29, 1.82) is 0 Å². The van der Waals surface area contributed by atoms with E-state index in [9.17, 15) is 19.7 Å². The Morgan fingerprint density at radius 3 is 2.71 bits per heavy atom. The van der Waals surface area contributed by atoms with Crippen LogP contribution in [-0.4, -0.2) is 47.9 Å². The SMILES string of the molecule is CSCCC(NC(=O)c1cccc([N+](=O)[O-])c1)C(=O)NCCN.Cl. The Kier molecular flexibility index (Phi) is 10.8. The number of rotatable bonds is 9. The van der Waals surface area contributed by atoms with Crippen molar-refractivity contribution in [1.82, 2.24) is 10.6 Å². The number of thioether (sulfide) groups is 1. The minimum Gasteiger partial charge on any atom is -0.353 e. The normalized spacial score (nSPS) is 11.1. The highest BCUT2D eigenvalue weighted by atomic mass is 35.5. The van der Waals surface area contributed by atoms with E-state index in [1.54, 1.807) is 11.8 Å². The van der Waals surface area contributed by atoms with Gasteiger partial charge in [-0.2, -0.15) is 11.8 Å². The minimum absolute atomic E-state index is 0. The van der Waals surface area contributed by atoms with Gasteiger partial charge in [0.15, 0.2) is 0 Å². The quantitative estimate of drug-likeness (QED) is 0.434. The fourth-order valence-electron chi connectivity index (χ4n) is 1.83. The number of nitro groups is 1. The molecule has 24 heavy (non-hydrogen) atoms. The maximum Gasteiger partial charge on any atom is 0.270 e. The van der Waals surface area contributed by atoms with E-state index in [2.05, 4.69) is 10.6 Å². The van der Waals surface area contributed by atoms with Gasteiger partial charge in [-0.05, 0) is 24.5 Å². The first-order valence-electron chi connectivity index (χ1n) is 7.01. The van der Waals surface area contributed by atoms with Crippen molar-refractivity contribution in [2.75, 3.05) is 25.1 Å². The number of nitrogens with one attached hydrogen (secondary N) is 2. The maximum absolute atomic E-state index is 12.2. The first kappa shape index (κ1) is 22.2. The molecule has 1 unspecified atom stereocenters. The van der Waals surface area contributed by atoms with Crippen LogP contribution >= 0.6 is 24.2 Å². The monoisotopic (exact) mass is 376 g/mol. The second kappa shape index (κ2) is 11.7. The van der Waals surface area contributed by atoms with Crippen molar-refractivity contribution in [2.45, 2.75) is 12.5 Å². The molecule has 1 rings (SSSR count). The van der Waals surface area contributed by atoms with Gasteiger partial charge in [0.2, 0.25) is 5.91 Å². The third-order valence-corrected chi connectivity index (χ3v) is 3.64. The van der Waals surface area contributed by atoms with Crippen LogP contribution in [0.3, 0.4) is 0 Å². The molecule has 1 aromatic carbocycles. The largest absolute Gasteiger partial charge is 0.353 e. The number of nitro benzene ring substituents is 1. The summed E-state index contributed by atoms with van der Waals surface area (Å²) in [5, 5.41) is 16.0. The van der Waals surface area contributed by atoms with Gasteiger partial charge in [-0.25, -0.2) is 0 Å². The molecule has 134 valence electrons. The number of amides is 2. The molecule has 0 saturated heterocycles. The zero-order chi connectivity index (χ0) is 17.2. The van der Waals surface area contributed by atoms with Crippen molar-refractivity contribution in [3.8, 4) is 0 Å². The second-order valence-corrected chi connectivity index (χ2v) is 5.68. The van der Waals surface area contributed by atoms with E-state index in [1.165, 1.54) is 24.3 Å². The molecule has 10 heteroatoms. The van der Waals surface area contributed by atoms with Gasteiger partial charge in [0.05, 0.1) is 4.92 Å². The third-order valence-electron chi connectivity index (χ3n) is 3.00. The van der Waals surface area contributed by atoms with Crippen molar-refractivity contribution in [3.05, 3.63) is 39.9 Å². The Balaban J connectivity index is 0.00000529. The molecule has 0 radical (unpaired) electrons. The van der Waals surface area contributed by atoms with E-state index in [0.29, 0.717) is 25.3 Å². The lowest BCUT2D eigenvalue weighted by Crippen LogP contribution is -2.48. The van der Waals surface area contributed by atoms with Crippen LogP contribution in [0.15, 0.2) is 24.3 Å². The summed E-state index contributed by atoms with van der Waals surface area (Å²) in [5.41, 5.74) is 5.31. The standard InChI is InChI=1S/C14H20N4O4S.ClH/c1-23-8-5-12(14(20)16-7-6-15)17-13(19)10-3-2-4-11(9-10)18(21)22;/h2-4,9,12H,5-8,15H2,1H3,(H,16,20)(H,17,19);1H. The fourth-order valence-corrected chi connectivity index (χ4v) is 2.30. The molecule has 4 N–H and O–H groups in total. The summed E-state index contributed by atoms with van der Waals surface area (Å²) in [4.78, 5) is 34.5. The lowest BCUT2D eigenvalue weighted by atomic mass is 10.1. The molecule has 1 atom stereocenters. The van der Waals surface area contributed by atoms with E-state index in [1.807, 2.05) is 6.26 Å². The smallest absolute Gasteiger partial charge is 0.270 e. The van der Waals surface area contributed by atoms with Crippen molar-refractivity contribution < 1.29 is 14.5 Å². The average Bonchev–Trinajstić information content (AvgIpc) is 2.56. The van der Waals surface area contributed by atoms with Crippen LogP contribution in [-0.2, 0) is 4.79 Å². The van der Waals surface area contributed by atoms with Crippen molar-refractivity contribution >= 4 is 41.7 Å². The summed E-state index contributed by atoms with van der Waals surface area (Å²) in [7, 11) is 0. The van der Waals surface area contributed by atoms with Crippen LogP contribution in [0.4, 0.5) is 5.69 Å². The van der Waals surface area contributed by atoms with Gasteiger partial charge >= 0.3 is 0 Å². The molecule has 0 aliphatic rings. The highest BCUT2D eigenvalue weighted by molar-refractivity contribution is 7.98. The van der Waals surface area contributed by atoms with Crippen molar-refractivity contribution in [3.63, 3.8) is 0 Å². The van der Waals surface area contributed by atoms with E-state index in [0.717, 1.165) is 0 Å². The van der Waals surface area contributed by atoms with Gasteiger partial charge in [-0.3, -0.25) is 19.7 Å². The van der Waals surface area contributed by atoms with E-state index in [-0.39, 0.29) is 29.6 Å². The summed E-state index contributed by atoms with van der Waals surface area (Å²) in [6, 6.07) is 4.67. The molecule has 0 bridgehead atoms. The lowest BCUT2D eigenvalue weighted by molar-refractivity contribution is -0.384. The summed E-state index contributed by atoms with van der Waals surface area (Å²) in [5.74, 6) is -0.151. The number of carbonyl (C=O) groups is 2. The van der Waals surface area contributed by atoms with Gasteiger partial charge in [-0.1, -0.05) is 6.07 Å². The predicted molar refractivity (Wildman–Crippen MR) is 96.7 cm³/mol. The molecule has 1 aromatic rings. The molecule has 2 amide bonds. The average molecular weight is 377 g/mol. The number of halogens is 1. The van der Waals surface area contributed by atoms with Gasteiger partial charge in [0.1, 0.15) is 6.04 Å². The highest BCUT2D eigenvalue weighted by Crippen LogP contribution is 2.13. The van der Waals surface area contributed by atoms with Crippen LogP contribution in [0, 0.1) is 10.1 Å². The maximum atomic E-state index is 12.2. The summed E-state index contributed by atoms with van der Waals surface area (Å²) >= 11 is 1.56. The number of benzene rings is 1. The highest BCUT2D eigenvalue weighted by Gasteiger charge is 2.21. The Hall–Kier alpha value is -1.84. The van der Waals surface area contributed by atoms with Crippen LogP contribution in [0.1, 0.15) is 16.8 Å². The number of carbonyl (C=O) groups excluding carboxylic acids is 2. The molecule has 8 nitrogen and oxygen atoms in total. The first-order chi connectivity index (χ1) is 11.0. The van der Waals surface area contributed by atoms with Crippen LogP contribution in [0.2, 0.25) is 0 Å². The summed E-state index contributed by atoms with van der Waals surface area (Å²) in [6.45, 7) is 0.626. The molecule has 0 aromatic heterocycles. The number of nitrogens with two attached hydrogens (primary N) is 1. The first-order valence-corrected chi connectivity index (χ1v) is 8.41. The topological polar surface area (TPSA) is 127 Å². The zero-order valence-electron chi connectivity index (χ0n) is 13.2. The third kappa shape index (κ3) is 7.16. The number of non-ortho nitro benzene ring substituents is 1. The number of hydrogen-bond donors (Lipinski definition) is 3.